The molecule has 0 heterocycles. The van der Waals surface area contributed by atoms with Gasteiger partial charge in [0.05, 0.1) is 7.11 Å². The molecule has 2 rings (SSSR count). The molecule has 0 aromatic heterocycles. The zero-order chi connectivity index (χ0) is 18.9. The molecule has 0 unspecified atom stereocenters. The summed E-state index contributed by atoms with van der Waals surface area (Å²) in [4.78, 5) is 26.2. The van der Waals surface area contributed by atoms with E-state index >= 15 is 0 Å². The van der Waals surface area contributed by atoms with E-state index in [1.807, 2.05) is 24.3 Å². The van der Waals surface area contributed by atoms with E-state index in [0.717, 1.165) is 18.8 Å². The number of amides is 2. The van der Waals surface area contributed by atoms with Gasteiger partial charge in [0, 0.05) is 30.2 Å². The summed E-state index contributed by atoms with van der Waals surface area (Å²) in [7, 11) is 1.58. The van der Waals surface area contributed by atoms with Crippen LogP contribution in [0.4, 0.5) is 17.1 Å². The zero-order valence-corrected chi connectivity index (χ0v) is 15.4. The number of hydrogen-bond acceptors (Lipinski definition) is 4. The van der Waals surface area contributed by atoms with E-state index in [4.69, 9.17) is 4.74 Å². The monoisotopic (exact) mass is 355 g/mol. The van der Waals surface area contributed by atoms with Gasteiger partial charge in [-0.25, -0.2) is 0 Å². The average Bonchev–Trinajstić information content (AvgIpc) is 2.64. The predicted octanol–water partition coefficient (Wildman–Crippen LogP) is 3.51. The molecule has 2 N–H and O–H groups in total. The van der Waals surface area contributed by atoms with Crippen LogP contribution < -0.4 is 20.3 Å². The Kier molecular flexibility index (Phi) is 7.02. The third-order valence-electron chi connectivity index (χ3n) is 3.97. The molecule has 138 valence electrons. The molecule has 6 heteroatoms. The molecule has 0 saturated heterocycles. The maximum atomic E-state index is 12.0. The van der Waals surface area contributed by atoms with Crippen LogP contribution in [0.5, 0.6) is 5.75 Å². The quantitative estimate of drug-likeness (QED) is 0.711. The molecule has 0 atom stereocenters. The van der Waals surface area contributed by atoms with Crippen molar-refractivity contribution in [3.63, 3.8) is 0 Å². The van der Waals surface area contributed by atoms with Gasteiger partial charge in [-0.15, -0.1) is 0 Å². The second kappa shape index (κ2) is 9.46. The lowest BCUT2D eigenvalue weighted by atomic mass is 10.2. The molecule has 0 aliphatic heterocycles. The SMILES string of the molecule is CCN(CC)c1ccc(NC(=O)CC(=O)Nc2ccc(OC)cc2)cc1. The number of benzene rings is 2. The van der Waals surface area contributed by atoms with E-state index in [9.17, 15) is 9.59 Å². The number of rotatable bonds is 8. The average molecular weight is 355 g/mol. The molecular formula is C20H25N3O3. The van der Waals surface area contributed by atoms with Crippen LogP contribution in [0.1, 0.15) is 20.3 Å². The molecule has 6 nitrogen and oxygen atoms in total. The molecule has 0 aliphatic rings. The maximum Gasteiger partial charge on any atom is 0.233 e. The highest BCUT2D eigenvalue weighted by molar-refractivity contribution is 6.08. The van der Waals surface area contributed by atoms with E-state index in [2.05, 4.69) is 29.4 Å². The smallest absolute Gasteiger partial charge is 0.233 e. The molecule has 0 aliphatic carbocycles. The van der Waals surface area contributed by atoms with Crippen LogP contribution in [-0.2, 0) is 9.59 Å². The molecule has 0 bridgehead atoms. The highest BCUT2D eigenvalue weighted by atomic mass is 16.5. The van der Waals surface area contributed by atoms with Crippen molar-refractivity contribution >= 4 is 28.9 Å². The number of anilines is 3. The van der Waals surface area contributed by atoms with Crippen molar-refractivity contribution in [1.82, 2.24) is 0 Å². The Morgan fingerprint density at radius 3 is 1.73 bits per heavy atom. The van der Waals surface area contributed by atoms with Crippen molar-refractivity contribution in [3.8, 4) is 5.75 Å². The van der Waals surface area contributed by atoms with Gasteiger partial charge in [-0.2, -0.15) is 0 Å². The highest BCUT2D eigenvalue weighted by Gasteiger charge is 2.10. The van der Waals surface area contributed by atoms with E-state index in [-0.39, 0.29) is 18.2 Å². The van der Waals surface area contributed by atoms with Crippen molar-refractivity contribution in [2.45, 2.75) is 20.3 Å². The Morgan fingerprint density at radius 2 is 1.31 bits per heavy atom. The van der Waals surface area contributed by atoms with Crippen LogP contribution in [0.15, 0.2) is 48.5 Å². The molecule has 2 aromatic rings. The largest absolute Gasteiger partial charge is 0.497 e. The number of carbonyl (C=O) groups excluding carboxylic acids is 2. The maximum absolute atomic E-state index is 12.0. The van der Waals surface area contributed by atoms with Crippen molar-refractivity contribution in [2.24, 2.45) is 0 Å². The summed E-state index contributed by atoms with van der Waals surface area (Å²) in [5, 5.41) is 5.43. The van der Waals surface area contributed by atoms with Crippen LogP contribution in [0, 0.1) is 0 Å². The summed E-state index contributed by atoms with van der Waals surface area (Å²) in [6, 6.07) is 14.5. The molecule has 0 fully saturated rings. The minimum Gasteiger partial charge on any atom is -0.497 e. The predicted molar refractivity (Wildman–Crippen MR) is 105 cm³/mol. The highest BCUT2D eigenvalue weighted by Crippen LogP contribution is 2.18. The lowest BCUT2D eigenvalue weighted by molar-refractivity contribution is -0.123. The summed E-state index contributed by atoms with van der Waals surface area (Å²) in [6.45, 7) is 6.04. The standard InChI is InChI=1S/C20H25N3O3/c1-4-23(5-2)17-10-6-15(7-11-17)21-19(24)14-20(25)22-16-8-12-18(26-3)13-9-16/h6-13H,4-5,14H2,1-3H3,(H,21,24)(H,22,25). The van der Waals surface area contributed by atoms with Gasteiger partial charge >= 0.3 is 0 Å². The third kappa shape index (κ3) is 5.51. The fraction of sp³-hybridized carbons (Fsp3) is 0.300. The van der Waals surface area contributed by atoms with Gasteiger partial charge in [0.25, 0.3) is 0 Å². The van der Waals surface area contributed by atoms with Crippen molar-refractivity contribution in [1.29, 1.82) is 0 Å². The van der Waals surface area contributed by atoms with Gasteiger partial charge in [-0.05, 0) is 62.4 Å². The van der Waals surface area contributed by atoms with Crippen LogP contribution in [0.3, 0.4) is 0 Å². The minimum absolute atomic E-state index is 0.246. The Labute approximate surface area is 154 Å². The third-order valence-corrected chi connectivity index (χ3v) is 3.97. The number of ether oxygens (including phenoxy) is 1. The van der Waals surface area contributed by atoms with Crippen molar-refractivity contribution < 1.29 is 14.3 Å². The van der Waals surface area contributed by atoms with E-state index < -0.39 is 0 Å². The number of carbonyl (C=O) groups is 2. The first-order valence-corrected chi connectivity index (χ1v) is 8.64. The molecule has 26 heavy (non-hydrogen) atoms. The number of methoxy groups -OCH3 is 1. The number of hydrogen-bond donors (Lipinski definition) is 2. The van der Waals surface area contributed by atoms with Crippen molar-refractivity contribution in [2.75, 3.05) is 35.7 Å². The molecule has 0 spiro atoms. The molecular weight excluding hydrogens is 330 g/mol. The summed E-state index contributed by atoms with van der Waals surface area (Å²) < 4.78 is 5.06. The summed E-state index contributed by atoms with van der Waals surface area (Å²) in [5.74, 6) is -0.0204. The number of nitrogens with zero attached hydrogens (tertiary/aromatic N) is 1. The minimum atomic E-state index is -0.368. The van der Waals surface area contributed by atoms with Crippen LogP contribution in [0.25, 0.3) is 0 Å². The van der Waals surface area contributed by atoms with Gasteiger partial charge < -0.3 is 20.3 Å². The second-order valence-corrected chi connectivity index (χ2v) is 5.72. The Hall–Kier alpha value is -3.02. The van der Waals surface area contributed by atoms with Crippen LogP contribution in [0.2, 0.25) is 0 Å². The molecule has 0 radical (unpaired) electrons. The van der Waals surface area contributed by atoms with Crippen LogP contribution >= 0.6 is 0 Å². The van der Waals surface area contributed by atoms with Crippen LogP contribution in [-0.4, -0.2) is 32.0 Å². The molecule has 2 amide bonds. The second-order valence-electron chi connectivity index (χ2n) is 5.72. The fourth-order valence-electron chi connectivity index (χ4n) is 2.57. The van der Waals surface area contributed by atoms with E-state index in [0.29, 0.717) is 17.1 Å². The Morgan fingerprint density at radius 1 is 0.846 bits per heavy atom. The van der Waals surface area contributed by atoms with E-state index in [1.165, 1.54) is 0 Å². The summed E-state index contributed by atoms with van der Waals surface area (Å²) in [5.41, 5.74) is 2.39. The first-order valence-electron chi connectivity index (χ1n) is 8.64. The first-order chi connectivity index (χ1) is 12.5. The summed E-state index contributed by atoms with van der Waals surface area (Å²) in [6.07, 6.45) is -0.246. The normalized spacial score (nSPS) is 10.1. The fourth-order valence-corrected chi connectivity index (χ4v) is 2.57. The number of nitrogens with one attached hydrogen (secondary N) is 2. The van der Waals surface area contributed by atoms with Gasteiger partial charge in [0.2, 0.25) is 11.8 Å². The molecule has 0 saturated carbocycles. The van der Waals surface area contributed by atoms with Gasteiger partial charge in [0.15, 0.2) is 0 Å². The molecule has 2 aromatic carbocycles. The lowest BCUT2D eigenvalue weighted by Crippen LogP contribution is -2.22. The Bertz CT molecular complexity index is 723. The lowest BCUT2D eigenvalue weighted by Gasteiger charge is -2.21. The Balaban J connectivity index is 1.86. The zero-order valence-electron chi connectivity index (χ0n) is 15.4. The topological polar surface area (TPSA) is 70.7 Å². The van der Waals surface area contributed by atoms with Crippen molar-refractivity contribution in [3.05, 3.63) is 48.5 Å². The van der Waals surface area contributed by atoms with Gasteiger partial charge in [0.1, 0.15) is 12.2 Å². The van der Waals surface area contributed by atoms with E-state index in [1.54, 1.807) is 31.4 Å². The van der Waals surface area contributed by atoms with Gasteiger partial charge in [-0.1, -0.05) is 0 Å². The summed E-state index contributed by atoms with van der Waals surface area (Å²) >= 11 is 0. The van der Waals surface area contributed by atoms with Gasteiger partial charge in [-0.3, -0.25) is 9.59 Å². The first kappa shape index (κ1) is 19.3.